The lowest BCUT2D eigenvalue weighted by Crippen LogP contribution is -2.33. The van der Waals surface area contributed by atoms with Crippen molar-refractivity contribution in [3.05, 3.63) is 58.7 Å². The molecule has 0 radical (unpaired) electrons. The SMILES string of the molecule is Brc1ccc(N2CCC(c3ccccc3)CC2)nc1. The molecular weight excluding hydrogens is 300 g/mol. The first kappa shape index (κ1) is 12.7. The van der Waals surface area contributed by atoms with Gasteiger partial charge in [-0.15, -0.1) is 0 Å². The lowest BCUT2D eigenvalue weighted by atomic mass is 9.89. The predicted octanol–water partition coefficient (Wildman–Crippen LogP) is 4.23. The first-order valence-corrected chi connectivity index (χ1v) is 7.54. The molecule has 1 saturated heterocycles. The highest BCUT2D eigenvalue weighted by Crippen LogP contribution is 2.29. The summed E-state index contributed by atoms with van der Waals surface area (Å²) in [4.78, 5) is 6.86. The van der Waals surface area contributed by atoms with Crippen LogP contribution in [0.2, 0.25) is 0 Å². The molecular formula is C16H17BrN2. The first-order chi connectivity index (χ1) is 9.33. The van der Waals surface area contributed by atoms with Gasteiger partial charge in [0.1, 0.15) is 5.82 Å². The Morgan fingerprint density at radius 1 is 1.00 bits per heavy atom. The van der Waals surface area contributed by atoms with E-state index < -0.39 is 0 Å². The van der Waals surface area contributed by atoms with Crippen molar-refractivity contribution in [1.82, 2.24) is 4.98 Å². The number of hydrogen-bond donors (Lipinski definition) is 0. The van der Waals surface area contributed by atoms with Gasteiger partial charge in [0.2, 0.25) is 0 Å². The van der Waals surface area contributed by atoms with E-state index in [1.165, 1.54) is 18.4 Å². The Hall–Kier alpha value is -1.35. The highest BCUT2D eigenvalue weighted by Gasteiger charge is 2.20. The van der Waals surface area contributed by atoms with Gasteiger partial charge in [0, 0.05) is 23.8 Å². The summed E-state index contributed by atoms with van der Waals surface area (Å²) in [5.74, 6) is 1.79. The van der Waals surface area contributed by atoms with Crippen molar-refractivity contribution in [3.63, 3.8) is 0 Å². The fourth-order valence-corrected chi connectivity index (χ4v) is 2.96. The standard InChI is InChI=1S/C16H17BrN2/c17-15-6-7-16(18-12-15)19-10-8-14(9-11-19)13-4-2-1-3-5-13/h1-7,12,14H,8-11H2. The number of benzene rings is 1. The Morgan fingerprint density at radius 3 is 2.37 bits per heavy atom. The number of halogens is 1. The van der Waals surface area contributed by atoms with Gasteiger partial charge in [-0.3, -0.25) is 0 Å². The summed E-state index contributed by atoms with van der Waals surface area (Å²) in [6.07, 6.45) is 4.29. The van der Waals surface area contributed by atoms with Crippen molar-refractivity contribution in [3.8, 4) is 0 Å². The van der Waals surface area contributed by atoms with Crippen LogP contribution in [-0.4, -0.2) is 18.1 Å². The van der Waals surface area contributed by atoms with E-state index in [2.05, 4.69) is 68.3 Å². The Labute approximate surface area is 122 Å². The third kappa shape index (κ3) is 2.98. The second kappa shape index (κ2) is 5.74. The molecule has 0 aliphatic carbocycles. The lowest BCUT2D eigenvalue weighted by molar-refractivity contribution is 0.503. The largest absolute Gasteiger partial charge is 0.357 e. The van der Waals surface area contributed by atoms with Gasteiger partial charge in [0.25, 0.3) is 0 Å². The van der Waals surface area contributed by atoms with E-state index >= 15 is 0 Å². The molecule has 0 atom stereocenters. The highest BCUT2D eigenvalue weighted by molar-refractivity contribution is 9.10. The van der Waals surface area contributed by atoms with Gasteiger partial charge in [-0.1, -0.05) is 30.3 Å². The molecule has 1 aliphatic heterocycles. The van der Waals surface area contributed by atoms with Gasteiger partial charge in [0.05, 0.1) is 0 Å². The van der Waals surface area contributed by atoms with Gasteiger partial charge in [-0.05, 0) is 52.4 Å². The smallest absolute Gasteiger partial charge is 0.128 e. The van der Waals surface area contributed by atoms with Gasteiger partial charge < -0.3 is 4.90 Å². The van der Waals surface area contributed by atoms with Gasteiger partial charge in [-0.2, -0.15) is 0 Å². The average molecular weight is 317 g/mol. The summed E-state index contributed by atoms with van der Waals surface area (Å²) in [7, 11) is 0. The second-order valence-electron chi connectivity index (χ2n) is 5.01. The van der Waals surface area contributed by atoms with E-state index in [0.717, 1.165) is 23.4 Å². The molecule has 0 unspecified atom stereocenters. The predicted molar refractivity (Wildman–Crippen MR) is 82.6 cm³/mol. The zero-order chi connectivity index (χ0) is 13.1. The summed E-state index contributed by atoms with van der Waals surface area (Å²) in [5.41, 5.74) is 1.48. The quantitative estimate of drug-likeness (QED) is 0.824. The molecule has 3 heteroatoms. The van der Waals surface area contributed by atoms with Crippen LogP contribution in [0, 0.1) is 0 Å². The Bertz CT molecular complexity index is 516. The van der Waals surface area contributed by atoms with Crippen LogP contribution in [0.1, 0.15) is 24.3 Å². The minimum atomic E-state index is 0.702. The van der Waals surface area contributed by atoms with Crippen molar-refractivity contribution in [1.29, 1.82) is 0 Å². The van der Waals surface area contributed by atoms with Crippen molar-refractivity contribution >= 4 is 21.7 Å². The van der Waals surface area contributed by atoms with Crippen molar-refractivity contribution in [2.45, 2.75) is 18.8 Å². The molecule has 0 bridgehead atoms. The van der Waals surface area contributed by atoms with Crippen LogP contribution in [-0.2, 0) is 0 Å². The van der Waals surface area contributed by atoms with E-state index in [-0.39, 0.29) is 0 Å². The van der Waals surface area contributed by atoms with Crippen molar-refractivity contribution in [2.24, 2.45) is 0 Å². The monoisotopic (exact) mass is 316 g/mol. The fourth-order valence-electron chi connectivity index (χ4n) is 2.72. The summed E-state index contributed by atoms with van der Waals surface area (Å²) < 4.78 is 1.04. The molecule has 3 rings (SSSR count). The number of nitrogens with zero attached hydrogens (tertiary/aromatic N) is 2. The van der Waals surface area contributed by atoms with Crippen LogP contribution >= 0.6 is 15.9 Å². The molecule has 1 aromatic carbocycles. The first-order valence-electron chi connectivity index (χ1n) is 6.74. The van der Waals surface area contributed by atoms with Crippen LogP contribution in [0.5, 0.6) is 0 Å². The molecule has 0 N–H and O–H groups in total. The number of hydrogen-bond acceptors (Lipinski definition) is 2. The second-order valence-corrected chi connectivity index (χ2v) is 5.92. The topological polar surface area (TPSA) is 16.1 Å². The van der Waals surface area contributed by atoms with Crippen molar-refractivity contribution in [2.75, 3.05) is 18.0 Å². The number of pyridine rings is 1. The fraction of sp³-hybridized carbons (Fsp3) is 0.312. The van der Waals surface area contributed by atoms with Crippen LogP contribution in [0.4, 0.5) is 5.82 Å². The molecule has 0 saturated carbocycles. The maximum Gasteiger partial charge on any atom is 0.128 e. The van der Waals surface area contributed by atoms with Crippen LogP contribution < -0.4 is 4.90 Å². The van der Waals surface area contributed by atoms with Crippen molar-refractivity contribution < 1.29 is 0 Å². The van der Waals surface area contributed by atoms with Crippen LogP contribution in [0.3, 0.4) is 0 Å². The van der Waals surface area contributed by atoms with Crippen LogP contribution in [0.15, 0.2) is 53.1 Å². The number of piperidine rings is 1. The third-order valence-corrected chi connectivity index (χ3v) is 4.27. The highest BCUT2D eigenvalue weighted by atomic mass is 79.9. The number of rotatable bonds is 2. The molecule has 0 amide bonds. The summed E-state index contributed by atoms with van der Waals surface area (Å²) in [6, 6.07) is 15.0. The van der Waals surface area contributed by atoms with E-state index in [9.17, 15) is 0 Å². The summed E-state index contributed by atoms with van der Waals surface area (Å²) in [5, 5.41) is 0. The molecule has 2 heterocycles. The Morgan fingerprint density at radius 2 is 1.74 bits per heavy atom. The third-order valence-electron chi connectivity index (χ3n) is 3.80. The Kier molecular flexibility index (Phi) is 3.83. The number of aromatic nitrogens is 1. The van der Waals surface area contributed by atoms with E-state index in [0.29, 0.717) is 5.92 Å². The van der Waals surface area contributed by atoms with E-state index in [1.54, 1.807) is 0 Å². The molecule has 98 valence electrons. The normalized spacial score (nSPS) is 16.6. The Balaban J connectivity index is 1.65. The summed E-state index contributed by atoms with van der Waals surface area (Å²) >= 11 is 3.43. The van der Waals surface area contributed by atoms with Crippen LogP contribution in [0.25, 0.3) is 0 Å². The summed E-state index contributed by atoms with van der Waals surface area (Å²) in [6.45, 7) is 2.18. The van der Waals surface area contributed by atoms with E-state index in [1.807, 2.05) is 6.20 Å². The molecule has 1 fully saturated rings. The zero-order valence-electron chi connectivity index (χ0n) is 10.8. The molecule has 1 aromatic heterocycles. The minimum absolute atomic E-state index is 0.702. The molecule has 2 aromatic rings. The maximum atomic E-state index is 4.48. The molecule has 2 nitrogen and oxygen atoms in total. The van der Waals surface area contributed by atoms with Gasteiger partial charge >= 0.3 is 0 Å². The zero-order valence-corrected chi connectivity index (χ0v) is 12.4. The minimum Gasteiger partial charge on any atom is -0.357 e. The number of anilines is 1. The van der Waals surface area contributed by atoms with Gasteiger partial charge in [0.15, 0.2) is 0 Å². The molecule has 19 heavy (non-hydrogen) atoms. The lowest BCUT2D eigenvalue weighted by Gasteiger charge is -2.33. The molecule has 0 spiro atoms. The molecule has 1 aliphatic rings. The van der Waals surface area contributed by atoms with Gasteiger partial charge in [-0.25, -0.2) is 4.98 Å². The average Bonchev–Trinajstić information content (AvgIpc) is 2.49. The maximum absolute atomic E-state index is 4.48. The van der Waals surface area contributed by atoms with E-state index in [4.69, 9.17) is 0 Å².